The monoisotopic (exact) mass is 480 g/mol. The van der Waals surface area contributed by atoms with Crippen LogP contribution in [0.15, 0.2) is 85.0 Å². The van der Waals surface area contributed by atoms with Crippen LogP contribution in [-0.4, -0.2) is 42.7 Å². The summed E-state index contributed by atoms with van der Waals surface area (Å²) in [5, 5.41) is 3.74. The number of nitrogens with zero attached hydrogens (tertiary/aromatic N) is 2. The van der Waals surface area contributed by atoms with Gasteiger partial charge in [-0.15, -0.1) is 0 Å². The molecule has 1 spiro atoms. The number of benzene rings is 3. The number of fused-ring (bicyclic) bond motifs is 4. The van der Waals surface area contributed by atoms with Crippen molar-refractivity contribution in [2.75, 3.05) is 32.6 Å². The van der Waals surface area contributed by atoms with Crippen molar-refractivity contribution < 1.29 is 15.6 Å². The average molecular weight is 481 g/mol. The third-order valence-electron chi connectivity index (χ3n) is 7.43. The number of carbonyl (C=O) groups excluding carboxylic acids is 1. The number of anilines is 1. The number of rotatable bonds is 4. The van der Waals surface area contributed by atoms with Gasteiger partial charge >= 0.3 is 0 Å². The number of carbonyl (C=O) groups is 1. The Morgan fingerprint density at radius 1 is 0.917 bits per heavy atom. The molecule has 4 aromatic rings. The quantitative estimate of drug-likeness (QED) is 0.406. The number of hydrogen-bond acceptors (Lipinski definition) is 4. The molecule has 0 radical (unpaired) electrons. The topological polar surface area (TPSA) is 55.7 Å². The molecule has 2 aliphatic rings. The van der Waals surface area contributed by atoms with Gasteiger partial charge in [-0.25, -0.2) is 0 Å². The van der Waals surface area contributed by atoms with Crippen LogP contribution in [-0.2, 0) is 5.54 Å². The summed E-state index contributed by atoms with van der Waals surface area (Å²) < 4.78 is 21.1. The second kappa shape index (κ2) is 8.79. The number of likely N-dealkylation sites (tertiary alicyclic amines) is 1. The maximum Gasteiger partial charge on any atom is 0.253 e. The summed E-state index contributed by atoms with van der Waals surface area (Å²) in [6, 6.07) is 23.9. The van der Waals surface area contributed by atoms with E-state index in [4.69, 9.17) is 10.8 Å². The third kappa shape index (κ3) is 3.70. The molecule has 182 valence electrons. The van der Waals surface area contributed by atoms with Crippen molar-refractivity contribution >= 4 is 11.6 Å². The van der Waals surface area contributed by atoms with E-state index in [1.54, 1.807) is 14.2 Å². The van der Waals surface area contributed by atoms with E-state index in [-0.39, 0.29) is 11.4 Å². The predicted octanol–water partition coefficient (Wildman–Crippen LogP) is 5.72. The lowest BCUT2D eigenvalue weighted by Crippen LogP contribution is -2.51. The number of nitrogens with one attached hydrogen (secondary N) is 1. The molecule has 1 N–H and O–H groups in total. The van der Waals surface area contributed by atoms with E-state index in [9.17, 15) is 4.79 Å². The lowest BCUT2D eigenvalue weighted by molar-refractivity contribution is 0.0676. The maximum atomic E-state index is 13.4. The molecule has 36 heavy (non-hydrogen) atoms. The number of aromatic nitrogens is 1. The van der Waals surface area contributed by atoms with Crippen molar-refractivity contribution in [2.24, 2.45) is 0 Å². The summed E-state index contributed by atoms with van der Waals surface area (Å²) >= 11 is 0. The minimum absolute atomic E-state index is 0.0460. The molecule has 0 saturated carbocycles. The van der Waals surface area contributed by atoms with E-state index < -0.39 is 0 Å². The Bertz CT molecular complexity index is 1450. The van der Waals surface area contributed by atoms with Crippen LogP contribution < -0.4 is 14.8 Å². The third-order valence-corrected chi connectivity index (χ3v) is 7.43. The second-order valence-corrected chi connectivity index (χ2v) is 9.38. The van der Waals surface area contributed by atoms with Gasteiger partial charge in [-0.2, -0.15) is 0 Å². The van der Waals surface area contributed by atoms with Gasteiger partial charge in [0.25, 0.3) is 5.91 Å². The molecule has 3 aromatic carbocycles. The molecular formula is C30H29N3O3. The van der Waals surface area contributed by atoms with Gasteiger partial charge in [0.15, 0.2) is 0 Å². The molecule has 1 saturated heterocycles. The minimum Gasteiger partial charge on any atom is -0.497 e. The van der Waals surface area contributed by atoms with Gasteiger partial charge in [-0.3, -0.25) is 4.79 Å². The molecule has 6 nitrogen and oxygen atoms in total. The normalized spacial score (nSPS) is 15.9. The van der Waals surface area contributed by atoms with Crippen LogP contribution in [0.4, 0.5) is 5.69 Å². The summed E-state index contributed by atoms with van der Waals surface area (Å²) in [4.78, 5) is 15.3. The Hall–Kier alpha value is -4.19. The highest BCUT2D eigenvalue weighted by Gasteiger charge is 2.42. The molecule has 6 heteroatoms. The fourth-order valence-electron chi connectivity index (χ4n) is 5.47. The van der Waals surface area contributed by atoms with Crippen LogP contribution in [0.25, 0.3) is 16.8 Å². The molecule has 1 amide bonds. The van der Waals surface area contributed by atoms with Crippen LogP contribution in [0.3, 0.4) is 0 Å². The van der Waals surface area contributed by atoms with E-state index in [2.05, 4.69) is 28.2 Å². The Balaban J connectivity index is 1.19. The number of hydrogen-bond donors (Lipinski definition) is 1. The molecule has 0 unspecified atom stereocenters. The SMILES string of the molecule is [2H]c1ccc2c(c1)NC1(CCN(C(=O)c3ccc(-c4cc(OC)cc(OC)c4)cc3)CC1)c1cccn1-2. The van der Waals surface area contributed by atoms with Gasteiger partial charge in [0.1, 0.15) is 11.5 Å². The summed E-state index contributed by atoms with van der Waals surface area (Å²) in [7, 11) is 3.27. The molecule has 0 atom stereocenters. The lowest BCUT2D eigenvalue weighted by Gasteiger charge is -2.46. The van der Waals surface area contributed by atoms with Crippen LogP contribution >= 0.6 is 0 Å². The highest BCUT2D eigenvalue weighted by Crippen LogP contribution is 2.43. The van der Waals surface area contributed by atoms with Crippen molar-refractivity contribution in [3.05, 3.63) is 96.3 Å². The van der Waals surface area contributed by atoms with Crippen molar-refractivity contribution in [1.29, 1.82) is 0 Å². The highest BCUT2D eigenvalue weighted by atomic mass is 16.5. The van der Waals surface area contributed by atoms with Gasteiger partial charge in [-0.1, -0.05) is 24.2 Å². The molecule has 1 fully saturated rings. The van der Waals surface area contributed by atoms with Crippen molar-refractivity contribution in [2.45, 2.75) is 18.4 Å². The fraction of sp³-hybridized carbons (Fsp3) is 0.233. The first-order valence-electron chi connectivity index (χ1n) is 12.7. The van der Waals surface area contributed by atoms with E-state index in [1.807, 2.05) is 65.6 Å². The van der Waals surface area contributed by atoms with E-state index >= 15 is 0 Å². The second-order valence-electron chi connectivity index (χ2n) is 9.38. The van der Waals surface area contributed by atoms with E-state index in [0.29, 0.717) is 24.7 Å². The van der Waals surface area contributed by atoms with Crippen LogP contribution in [0.5, 0.6) is 11.5 Å². The summed E-state index contributed by atoms with van der Waals surface area (Å²) in [5.41, 5.74) is 5.64. The van der Waals surface area contributed by atoms with Crippen molar-refractivity contribution in [1.82, 2.24) is 9.47 Å². The van der Waals surface area contributed by atoms with Gasteiger partial charge in [0, 0.05) is 36.6 Å². The van der Waals surface area contributed by atoms with E-state index in [0.717, 1.165) is 46.8 Å². The minimum atomic E-state index is -0.254. The number of methoxy groups -OCH3 is 2. The van der Waals surface area contributed by atoms with Crippen LogP contribution in [0.1, 0.15) is 30.3 Å². The standard InChI is InChI=1S/C30H29N3O3/c1-35-24-18-23(19-25(20-24)36-2)21-9-11-22(12-10-21)29(34)32-16-13-30(14-17-32)28-8-5-15-33(28)27-7-4-3-6-26(27)31-30/h3-12,15,18-20,31H,13-14,16-17H2,1-2H3/i3D. The van der Waals surface area contributed by atoms with E-state index in [1.165, 1.54) is 5.69 Å². The van der Waals surface area contributed by atoms with Crippen LogP contribution in [0.2, 0.25) is 0 Å². The molecule has 0 aliphatic carbocycles. The molecule has 6 rings (SSSR count). The molecular weight excluding hydrogens is 450 g/mol. The summed E-state index contributed by atoms with van der Waals surface area (Å²) in [5.74, 6) is 1.49. The zero-order valence-electron chi connectivity index (χ0n) is 21.5. The fourth-order valence-corrected chi connectivity index (χ4v) is 5.47. The summed E-state index contributed by atoms with van der Waals surface area (Å²) in [6.45, 7) is 1.31. The van der Waals surface area contributed by atoms with Gasteiger partial charge in [-0.05, 0) is 72.5 Å². The first-order chi connectivity index (χ1) is 18.0. The maximum absolute atomic E-state index is 13.4. The Morgan fingerprint density at radius 3 is 2.33 bits per heavy atom. The van der Waals surface area contributed by atoms with Crippen LogP contribution in [0, 0.1) is 0 Å². The van der Waals surface area contributed by atoms with Crippen molar-refractivity contribution in [3.8, 4) is 28.3 Å². The van der Waals surface area contributed by atoms with Gasteiger partial charge in [0.2, 0.25) is 0 Å². The smallest absolute Gasteiger partial charge is 0.253 e. The number of ether oxygens (including phenoxy) is 2. The van der Waals surface area contributed by atoms with Crippen molar-refractivity contribution in [3.63, 3.8) is 0 Å². The first-order valence-corrected chi connectivity index (χ1v) is 12.2. The molecule has 3 heterocycles. The number of piperidine rings is 1. The lowest BCUT2D eigenvalue weighted by atomic mass is 9.82. The van der Waals surface area contributed by atoms with Gasteiger partial charge < -0.3 is 24.3 Å². The number of para-hydroxylation sites is 2. The molecule has 2 aliphatic heterocycles. The number of amides is 1. The molecule has 1 aromatic heterocycles. The zero-order chi connectivity index (χ0) is 25.6. The zero-order valence-corrected chi connectivity index (χ0v) is 20.5. The summed E-state index contributed by atoms with van der Waals surface area (Å²) in [6.07, 6.45) is 3.68. The largest absolute Gasteiger partial charge is 0.497 e. The molecule has 0 bridgehead atoms. The predicted molar refractivity (Wildman–Crippen MR) is 141 cm³/mol. The first kappa shape index (κ1) is 21.1. The Morgan fingerprint density at radius 2 is 1.64 bits per heavy atom. The Labute approximate surface area is 212 Å². The Kier molecular flexibility index (Phi) is 5.16. The van der Waals surface area contributed by atoms with Gasteiger partial charge in [0.05, 0.1) is 32.5 Å². The average Bonchev–Trinajstić information content (AvgIpc) is 3.44. The highest BCUT2D eigenvalue weighted by molar-refractivity contribution is 5.95.